The van der Waals surface area contributed by atoms with Crippen molar-refractivity contribution in [2.45, 2.75) is 46.5 Å². The summed E-state index contributed by atoms with van der Waals surface area (Å²) in [5, 5.41) is 4.44. The Morgan fingerprint density at radius 2 is 1.81 bits per heavy atom. The van der Waals surface area contributed by atoms with Crippen LogP contribution in [0.15, 0.2) is 42.5 Å². The molecular formula is C26H31ClN2O3. The van der Waals surface area contributed by atoms with E-state index in [1.165, 1.54) is 0 Å². The van der Waals surface area contributed by atoms with Gasteiger partial charge in [-0.05, 0) is 67.3 Å². The number of methoxy groups -OCH3 is 1. The van der Waals surface area contributed by atoms with E-state index in [1.807, 2.05) is 25.1 Å². The number of halogens is 1. The average molecular weight is 455 g/mol. The summed E-state index contributed by atoms with van der Waals surface area (Å²) in [5.41, 5.74) is 2.87. The lowest BCUT2D eigenvalue weighted by Crippen LogP contribution is -2.26. The highest BCUT2D eigenvalue weighted by atomic mass is 35.5. The van der Waals surface area contributed by atoms with Crippen molar-refractivity contribution in [3.05, 3.63) is 64.3 Å². The number of carbonyl (C=O) groups excluding carboxylic acids is 2. The number of rotatable bonds is 9. The standard InChI is InChI=1S/C26H31ClN2O3/c1-17(2)7-5-6-14-28-25(30)16-22-18(3)29(24-13-12-21(32-4)15-23(22)24)26(31)19-8-10-20(27)11-9-19/h8-13,15,17H,5-7,14,16H2,1-4H3,(H,28,30). The van der Waals surface area contributed by atoms with Crippen LogP contribution < -0.4 is 10.1 Å². The normalized spacial score (nSPS) is 11.2. The van der Waals surface area contributed by atoms with Crippen molar-refractivity contribution in [3.63, 3.8) is 0 Å². The van der Waals surface area contributed by atoms with E-state index >= 15 is 0 Å². The summed E-state index contributed by atoms with van der Waals surface area (Å²) in [4.78, 5) is 26.0. The fraction of sp³-hybridized carbons (Fsp3) is 0.385. The van der Waals surface area contributed by atoms with Crippen molar-refractivity contribution >= 4 is 34.3 Å². The predicted octanol–water partition coefficient (Wildman–Crippen LogP) is 5.79. The lowest BCUT2D eigenvalue weighted by atomic mass is 10.1. The Bertz CT molecular complexity index is 1100. The Morgan fingerprint density at radius 1 is 1.09 bits per heavy atom. The second-order valence-electron chi connectivity index (χ2n) is 8.51. The minimum absolute atomic E-state index is 0.0431. The molecule has 1 N–H and O–H groups in total. The molecule has 0 spiro atoms. The van der Waals surface area contributed by atoms with Crippen LogP contribution in [0.2, 0.25) is 5.02 Å². The number of carbonyl (C=O) groups is 2. The average Bonchev–Trinajstić information content (AvgIpc) is 3.03. The van der Waals surface area contributed by atoms with Crippen LogP contribution in [0.1, 0.15) is 54.7 Å². The van der Waals surface area contributed by atoms with E-state index in [2.05, 4.69) is 19.2 Å². The van der Waals surface area contributed by atoms with E-state index in [-0.39, 0.29) is 18.2 Å². The number of nitrogens with one attached hydrogen (secondary N) is 1. The monoisotopic (exact) mass is 454 g/mol. The first-order valence-corrected chi connectivity index (χ1v) is 11.4. The van der Waals surface area contributed by atoms with Gasteiger partial charge in [-0.3, -0.25) is 14.2 Å². The van der Waals surface area contributed by atoms with Crippen molar-refractivity contribution < 1.29 is 14.3 Å². The first kappa shape index (κ1) is 23.9. The van der Waals surface area contributed by atoms with Gasteiger partial charge in [-0.25, -0.2) is 0 Å². The molecular weight excluding hydrogens is 424 g/mol. The summed E-state index contributed by atoms with van der Waals surface area (Å²) in [6.07, 6.45) is 3.44. The molecule has 1 aromatic heterocycles. The molecule has 170 valence electrons. The molecule has 2 aromatic carbocycles. The van der Waals surface area contributed by atoms with Crippen LogP contribution in [-0.2, 0) is 11.2 Å². The highest BCUT2D eigenvalue weighted by Crippen LogP contribution is 2.30. The Kier molecular flexibility index (Phi) is 7.97. The molecule has 0 unspecified atom stereocenters. The van der Waals surface area contributed by atoms with Crippen LogP contribution in [0, 0.1) is 12.8 Å². The molecule has 0 radical (unpaired) electrons. The molecule has 0 aliphatic rings. The zero-order chi connectivity index (χ0) is 23.3. The quantitative estimate of drug-likeness (QED) is 0.416. The summed E-state index contributed by atoms with van der Waals surface area (Å²) in [6, 6.07) is 12.4. The van der Waals surface area contributed by atoms with Gasteiger partial charge in [0.1, 0.15) is 5.75 Å². The highest BCUT2D eigenvalue weighted by Gasteiger charge is 2.22. The molecule has 3 aromatic rings. The molecule has 0 saturated carbocycles. The molecule has 0 fully saturated rings. The Hall–Kier alpha value is -2.79. The van der Waals surface area contributed by atoms with Gasteiger partial charge in [-0.2, -0.15) is 0 Å². The molecule has 1 amide bonds. The number of amides is 1. The summed E-state index contributed by atoms with van der Waals surface area (Å²) < 4.78 is 7.06. The molecule has 3 rings (SSSR count). The van der Waals surface area contributed by atoms with Crippen molar-refractivity contribution in [2.24, 2.45) is 5.92 Å². The van der Waals surface area contributed by atoms with Crippen LogP contribution in [0.5, 0.6) is 5.75 Å². The molecule has 5 nitrogen and oxygen atoms in total. The number of nitrogens with zero attached hydrogens (tertiary/aromatic N) is 1. The molecule has 1 heterocycles. The maximum atomic E-state index is 13.3. The van der Waals surface area contributed by atoms with Crippen LogP contribution in [0.3, 0.4) is 0 Å². The number of unbranched alkanes of at least 4 members (excludes halogenated alkanes) is 1. The minimum Gasteiger partial charge on any atom is -0.497 e. The molecule has 0 aliphatic carbocycles. The van der Waals surface area contributed by atoms with Gasteiger partial charge in [-0.15, -0.1) is 0 Å². The van der Waals surface area contributed by atoms with Crippen molar-refractivity contribution in [1.82, 2.24) is 9.88 Å². The van der Waals surface area contributed by atoms with Crippen LogP contribution in [0.4, 0.5) is 0 Å². The van der Waals surface area contributed by atoms with E-state index in [4.69, 9.17) is 16.3 Å². The lowest BCUT2D eigenvalue weighted by Gasteiger charge is -2.09. The maximum Gasteiger partial charge on any atom is 0.262 e. The topological polar surface area (TPSA) is 60.3 Å². The molecule has 0 bridgehead atoms. The van der Waals surface area contributed by atoms with Crippen molar-refractivity contribution in [2.75, 3.05) is 13.7 Å². The van der Waals surface area contributed by atoms with Crippen LogP contribution in [-0.4, -0.2) is 30.0 Å². The molecule has 0 aliphatic heterocycles. The fourth-order valence-corrected chi connectivity index (χ4v) is 4.05. The summed E-state index contributed by atoms with van der Waals surface area (Å²) in [5.74, 6) is 1.16. The van der Waals surface area contributed by atoms with E-state index in [0.29, 0.717) is 28.8 Å². The van der Waals surface area contributed by atoms with Gasteiger partial charge in [0.05, 0.1) is 19.0 Å². The Labute approximate surface area is 194 Å². The third kappa shape index (κ3) is 5.52. The molecule has 0 saturated heterocycles. The smallest absolute Gasteiger partial charge is 0.262 e. The van der Waals surface area contributed by atoms with Crippen molar-refractivity contribution in [1.29, 1.82) is 0 Å². The first-order chi connectivity index (χ1) is 15.3. The van der Waals surface area contributed by atoms with Gasteiger partial charge in [-0.1, -0.05) is 38.3 Å². The van der Waals surface area contributed by atoms with Crippen LogP contribution >= 0.6 is 11.6 Å². The number of ether oxygens (including phenoxy) is 1. The largest absolute Gasteiger partial charge is 0.497 e. The van der Waals surface area contributed by atoms with E-state index in [9.17, 15) is 9.59 Å². The maximum absolute atomic E-state index is 13.3. The fourth-order valence-electron chi connectivity index (χ4n) is 3.92. The van der Waals surface area contributed by atoms with Gasteiger partial charge < -0.3 is 10.1 Å². The van der Waals surface area contributed by atoms with Gasteiger partial charge in [0.15, 0.2) is 0 Å². The Morgan fingerprint density at radius 3 is 2.47 bits per heavy atom. The number of benzene rings is 2. The predicted molar refractivity (Wildman–Crippen MR) is 130 cm³/mol. The Balaban J connectivity index is 1.88. The third-order valence-corrected chi connectivity index (χ3v) is 5.96. The zero-order valence-corrected chi connectivity index (χ0v) is 20.0. The number of aromatic nitrogens is 1. The van der Waals surface area contributed by atoms with Gasteiger partial charge in [0.2, 0.25) is 5.91 Å². The number of fused-ring (bicyclic) bond motifs is 1. The minimum atomic E-state index is -0.158. The van der Waals surface area contributed by atoms with Crippen molar-refractivity contribution in [3.8, 4) is 5.75 Å². The highest BCUT2D eigenvalue weighted by molar-refractivity contribution is 6.30. The number of hydrogen-bond acceptors (Lipinski definition) is 3. The van der Waals surface area contributed by atoms with Gasteiger partial charge >= 0.3 is 0 Å². The van der Waals surface area contributed by atoms with E-state index < -0.39 is 0 Å². The zero-order valence-electron chi connectivity index (χ0n) is 19.2. The second-order valence-corrected chi connectivity index (χ2v) is 8.95. The molecule has 32 heavy (non-hydrogen) atoms. The van der Waals surface area contributed by atoms with E-state index in [0.717, 1.165) is 41.4 Å². The first-order valence-electron chi connectivity index (χ1n) is 11.1. The lowest BCUT2D eigenvalue weighted by molar-refractivity contribution is -0.120. The van der Waals surface area contributed by atoms with Gasteiger partial charge in [0.25, 0.3) is 5.91 Å². The van der Waals surface area contributed by atoms with Crippen LogP contribution in [0.25, 0.3) is 10.9 Å². The second kappa shape index (κ2) is 10.7. The number of hydrogen-bond donors (Lipinski definition) is 1. The third-order valence-electron chi connectivity index (χ3n) is 5.70. The molecule has 0 atom stereocenters. The van der Waals surface area contributed by atoms with E-state index in [1.54, 1.807) is 35.9 Å². The SMILES string of the molecule is COc1ccc2c(c1)c(CC(=O)NCCCCC(C)C)c(C)n2C(=O)c1ccc(Cl)cc1. The summed E-state index contributed by atoms with van der Waals surface area (Å²) >= 11 is 5.98. The summed E-state index contributed by atoms with van der Waals surface area (Å²) in [7, 11) is 1.60. The van der Waals surface area contributed by atoms with Gasteiger partial charge in [0, 0.05) is 28.2 Å². The summed E-state index contributed by atoms with van der Waals surface area (Å²) in [6.45, 7) is 6.95. The molecule has 6 heteroatoms.